The number of nitrogens with one attached hydrogen (secondary N) is 1. The molecule has 0 bridgehead atoms. The van der Waals surface area contributed by atoms with Gasteiger partial charge in [-0.25, -0.2) is 14.8 Å². The molecule has 0 spiro atoms. The van der Waals surface area contributed by atoms with E-state index in [-0.39, 0.29) is 11.5 Å². The highest BCUT2D eigenvalue weighted by Gasteiger charge is 2.24. The van der Waals surface area contributed by atoms with Crippen LogP contribution in [0.5, 0.6) is 0 Å². The maximum absolute atomic E-state index is 12.7. The molecule has 3 aromatic heterocycles. The predicted octanol–water partition coefficient (Wildman–Crippen LogP) is 1.86. The van der Waals surface area contributed by atoms with Gasteiger partial charge in [-0.3, -0.25) is 14.3 Å². The molecular formula is C20H27N7O2S. The molecule has 160 valence electrons. The number of aromatic nitrogens is 6. The molecule has 4 rings (SSSR count). The van der Waals surface area contributed by atoms with E-state index >= 15 is 0 Å². The molecule has 1 atom stereocenters. The molecule has 4 heterocycles. The number of aromatic amines is 1. The number of anilines is 1. The summed E-state index contributed by atoms with van der Waals surface area (Å²) in [5, 5.41) is 0.773. The van der Waals surface area contributed by atoms with Crippen LogP contribution in [0.15, 0.2) is 20.8 Å². The number of hydrogen-bond donors (Lipinski definition) is 1. The number of nitrogens with zero attached hydrogens (tertiary/aromatic N) is 6. The Labute approximate surface area is 178 Å². The molecule has 1 saturated heterocycles. The third kappa shape index (κ3) is 4.00. The highest BCUT2D eigenvalue weighted by atomic mass is 32.2. The van der Waals surface area contributed by atoms with Crippen LogP contribution >= 0.6 is 11.8 Å². The lowest BCUT2D eigenvalue weighted by atomic mass is 10.2. The number of thioether (sulfide) groups is 1. The third-order valence-corrected chi connectivity index (χ3v) is 6.51. The van der Waals surface area contributed by atoms with Gasteiger partial charge in [-0.05, 0) is 38.7 Å². The van der Waals surface area contributed by atoms with E-state index in [0.29, 0.717) is 17.7 Å². The highest BCUT2D eigenvalue weighted by Crippen LogP contribution is 2.26. The molecule has 9 nitrogen and oxygen atoms in total. The van der Waals surface area contributed by atoms with Gasteiger partial charge in [0.1, 0.15) is 0 Å². The molecular weight excluding hydrogens is 402 g/mol. The van der Waals surface area contributed by atoms with Crippen molar-refractivity contribution in [1.29, 1.82) is 0 Å². The summed E-state index contributed by atoms with van der Waals surface area (Å²) in [4.78, 5) is 43.1. The van der Waals surface area contributed by atoms with Gasteiger partial charge in [0, 0.05) is 43.8 Å². The molecule has 0 aromatic carbocycles. The molecule has 10 heteroatoms. The first kappa shape index (κ1) is 20.6. The molecule has 0 saturated carbocycles. The Hall–Kier alpha value is -2.62. The van der Waals surface area contributed by atoms with E-state index in [1.165, 1.54) is 4.57 Å². The van der Waals surface area contributed by atoms with E-state index in [0.717, 1.165) is 54.2 Å². The third-order valence-electron chi connectivity index (χ3n) is 5.33. The van der Waals surface area contributed by atoms with Crippen LogP contribution < -0.4 is 16.1 Å². The van der Waals surface area contributed by atoms with Gasteiger partial charge < -0.3 is 9.47 Å². The molecule has 3 aromatic rings. The zero-order valence-electron chi connectivity index (χ0n) is 17.8. The average Bonchev–Trinajstić information content (AvgIpc) is 3.32. The fourth-order valence-corrected chi connectivity index (χ4v) is 4.85. The van der Waals surface area contributed by atoms with Gasteiger partial charge >= 0.3 is 5.69 Å². The number of aryl methyl sites for hydroxylation is 3. The summed E-state index contributed by atoms with van der Waals surface area (Å²) in [5.74, 6) is 1.83. The van der Waals surface area contributed by atoms with Crippen molar-refractivity contribution in [3.8, 4) is 0 Å². The van der Waals surface area contributed by atoms with Crippen molar-refractivity contribution in [2.24, 2.45) is 13.0 Å². The fraction of sp³-hybridized carbons (Fsp3) is 0.550. The van der Waals surface area contributed by atoms with Crippen molar-refractivity contribution in [3.63, 3.8) is 0 Å². The van der Waals surface area contributed by atoms with E-state index in [9.17, 15) is 9.59 Å². The Morgan fingerprint density at radius 3 is 2.47 bits per heavy atom. The number of hydrogen-bond acceptors (Lipinski definition) is 7. The molecule has 0 unspecified atom stereocenters. The monoisotopic (exact) mass is 429 g/mol. The molecule has 1 aliphatic rings. The van der Waals surface area contributed by atoms with E-state index < -0.39 is 5.69 Å². The van der Waals surface area contributed by atoms with Gasteiger partial charge in [-0.1, -0.05) is 18.7 Å². The minimum absolute atomic E-state index is 0.245. The fourth-order valence-electron chi connectivity index (χ4n) is 3.89. The van der Waals surface area contributed by atoms with Crippen LogP contribution in [0.1, 0.15) is 31.2 Å². The maximum atomic E-state index is 12.7. The Morgan fingerprint density at radius 2 is 1.80 bits per heavy atom. The lowest BCUT2D eigenvalue weighted by Gasteiger charge is -2.20. The summed E-state index contributed by atoms with van der Waals surface area (Å²) in [7, 11) is 1.64. The summed E-state index contributed by atoms with van der Waals surface area (Å²) in [6.07, 6.45) is 2.21. The first-order valence-corrected chi connectivity index (χ1v) is 11.2. The van der Waals surface area contributed by atoms with Crippen molar-refractivity contribution >= 4 is 28.9 Å². The van der Waals surface area contributed by atoms with Gasteiger partial charge in [-0.2, -0.15) is 4.98 Å². The number of H-pyrrole nitrogens is 1. The van der Waals surface area contributed by atoms with Gasteiger partial charge in [0.25, 0.3) is 5.56 Å². The maximum Gasteiger partial charge on any atom is 0.329 e. The number of imidazole rings is 1. The summed E-state index contributed by atoms with van der Waals surface area (Å²) >= 11 is 1.62. The number of fused-ring (bicyclic) bond motifs is 1. The first-order chi connectivity index (χ1) is 14.3. The van der Waals surface area contributed by atoms with Crippen molar-refractivity contribution in [2.75, 3.05) is 23.7 Å². The Balaban J connectivity index is 1.65. The summed E-state index contributed by atoms with van der Waals surface area (Å²) in [5.41, 5.74) is 1.98. The van der Waals surface area contributed by atoms with Crippen LogP contribution in [-0.4, -0.2) is 47.9 Å². The smallest absolute Gasteiger partial charge is 0.329 e. The second-order valence-corrected chi connectivity index (χ2v) is 9.04. The van der Waals surface area contributed by atoms with Crippen LogP contribution in [0, 0.1) is 19.8 Å². The van der Waals surface area contributed by atoms with Crippen molar-refractivity contribution < 1.29 is 0 Å². The largest absolute Gasteiger partial charge is 0.342 e. The van der Waals surface area contributed by atoms with Crippen molar-refractivity contribution in [2.45, 2.75) is 45.3 Å². The molecule has 0 amide bonds. The quantitative estimate of drug-likeness (QED) is 0.471. The minimum atomic E-state index is -0.444. The Kier molecular flexibility index (Phi) is 5.68. The topological polar surface area (TPSA) is 102 Å². The molecule has 1 aliphatic heterocycles. The summed E-state index contributed by atoms with van der Waals surface area (Å²) < 4.78 is 3.39. The van der Waals surface area contributed by atoms with Crippen LogP contribution in [0.3, 0.4) is 0 Å². The van der Waals surface area contributed by atoms with Crippen LogP contribution in [0.25, 0.3) is 11.2 Å². The van der Waals surface area contributed by atoms with Gasteiger partial charge in [0.15, 0.2) is 16.3 Å². The SMILES string of the molecule is Cc1cc(C)nc(SC[C@@H](C)Cn2c(N3CCCC3)nc3c2c(=O)[nH]c(=O)n3C)n1. The standard InChI is InChI=1S/C20H27N7O2S/c1-12(11-30-18-21-13(2)9-14(3)22-18)10-27-15-16(25(4)20(29)24-17(15)28)23-19(27)26-7-5-6-8-26/h9,12H,5-8,10-11H2,1-4H3,(H,24,28,29)/t12-/m0/s1. The van der Waals surface area contributed by atoms with Crippen LogP contribution in [0.4, 0.5) is 5.95 Å². The highest BCUT2D eigenvalue weighted by molar-refractivity contribution is 7.99. The summed E-state index contributed by atoms with van der Waals surface area (Å²) in [6.45, 7) is 8.54. The molecule has 0 radical (unpaired) electrons. The van der Waals surface area contributed by atoms with Gasteiger partial charge in [0.2, 0.25) is 5.95 Å². The van der Waals surface area contributed by atoms with Gasteiger partial charge in [-0.15, -0.1) is 0 Å². The first-order valence-electron chi connectivity index (χ1n) is 10.2. The number of rotatable bonds is 6. The van der Waals surface area contributed by atoms with Gasteiger partial charge in [0.05, 0.1) is 0 Å². The average molecular weight is 430 g/mol. The lowest BCUT2D eigenvalue weighted by Crippen LogP contribution is -2.30. The lowest BCUT2D eigenvalue weighted by molar-refractivity contribution is 0.536. The predicted molar refractivity (Wildman–Crippen MR) is 118 cm³/mol. The minimum Gasteiger partial charge on any atom is -0.342 e. The van der Waals surface area contributed by atoms with E-state index in [1.807, 2.05) is 24.5 Å². The second kappa shape index (κ2) is 8.25. The molecule has 1 N–H and O–H groups in total. The second-order valence-electron chi connectivity index (χ2n) is 8.06. The van der Waals surface area contributed by atoms with E-state index in [4.69, 9.17) is 4.98 Å². The molecule has 0 aliphatic carbocycles. The molecule has 30 heavy (non-hydrogen) atoms. The van der Waals surface area contributed by atoms with Crippen LogP contribution in [-0.2, 0) is 13.6 Å². The Morgan fingerprint density at radius 1 is 1.13 bits per heavy atom. The zero-order valence-corrected chi connectivity index (χ0v) is 18.6. The van der Waals surface area contributed by atoms with E-state index in [1.54, 1.807) is 18.8 Å². The van der Waals surface area contributed by atoms with Crippen molar-refractivity contribution in [3.05, 3.63) is 38.3 Å². The normalized spacial score (nSPS) is 15.3. The van der Waals surface area contributed by atoms with Crippen molar-refractivity contribution in [1.82, 2.24) is 29.1 Å². The summed E-state index contributed by atoms with van der Waals surface area (Å²) in [6, 6.07) is 1.96. The zero-order chi connectivity index (χ0) is 21.4. The Bertz CT molecular complexity index is 1170. The molecule has 1 fully saturated rings. The van der Waals surface area contributed by atoms with E-state index in [2.05, 4.69) is 26.8 Å². The van der Waals surface area contributed by atoms with Crippen LogP contribution in [0.2, 0.25) is 0 Å².